The lowest BCUT2D eigenvalue weighted by Gasteiger charge is -2.19. The first-order valence-electron chi connectivity index (χ1n) is 19.9. The summed E-state index contributed by atoms with van der Waals surface area (Å²) in [5, 5.41) is 4.96. The number of nitrogens with two attached hydrogens (primary N) is 1. The Morgan fingerprint density at radius 2 is 1.38 bits per heavy atom. The third kappa shape index (κ3) is 10.8. The van der Waals surface area contributed by atoms with Crippen molar-refractivity contribution in [2.45, 2.75) is 72.3 Å². The number of H-pyrrole nitrogens is 2. The summed E-state index contributed by atoms with van der Waals surface area (Å²) in [4.78, 5) is 58.7. The van der Waals surface area contributed by atoms with E-state index in [-0.39, 0.29) is 45.2 Å². The van der Waals surface area contributed by atoms with Crippen molar-refractivity contribution in [1.29, 1.82) is 0 Å². The maximum atomic E-state index is 14.4. The van der Waals surface area contributed by atoms with Gasteiger partial charge in [-0.1, -0.05) is 74.6 Å². The van der Waals surface area contributed by atoms with E-state index in [1.807, 2.05) is 39.8 Å². The third-order valence-corrected chi connectivity index (χ3v) is 10.4. The second-order valence-electron chi connectivity index (χ2n) is 16.2. The van der Waals surface area contributed by atoms with Gasteiger partial charge in [-0.25, -0.2) is 38.1 Å². The van der Waals surface area contributed by atoms with E-state index in [1.54, 1.807) is 39.1 Å². The fourth-order valence-corrected chi connectivity index (χ4v) is 7.15. The average Bonchev–Trinajstić information content (AvgIpc) is 3.90. The molecule has 7 aromatic rings. The van der Waals surface area contributed by atoms with Crippen LogP contribution in [0.3, 0.4) is 0 Å². The summed E-state index contributed by atoms with van der Waals surface area (Å²) < 4.78 is 34.7. The number of aromatic amines is 2. The first-order valence-corrected chi connectivity index (χ1v) is 21.0. The number of carbonyl (C=O) groups is 1. The third-order valence-electron chi connectivity index (χ3n) is 9.61. The van der Waals surface area contributed by atoms with Gasteiger partial charge < -0.3 is 25.8 Å². The van der Waals surface area contributed by atoms with Crippen LogP contribution in [0.5, 0.6) is 0 Å². The Hall–Kier alpha value is -6.42. The minimum absolute atomic E-state index is 0.0406. The molecule has 0 amide bonds. The van der Waals surface area contributed by atoms with Crippen LogP contribution in [0.25, 0.3) is 39.4 Å². The summed E-state index contributed by atoms with van der Waals surface area (Å²) in [6, 6.07) is 13.0. The number of anilines is 3. The smallest absolute Gasteiger partial charge is 0.420 e. The molecule has 0 saturated carbocycles. The van der Waals surface area contributed by atoms with Crippen LogP contribution in [0.2, 0.25) is 15.2 Å². The second-order valence-corrected chi connectivity index (χ2v) is 17.4. The van der Waals surface area contributed by atoms with Gasteiger partial charge in [-0.2, -0.15) is 0 Å². The van der Waals surface area contributed by atoms with Gasteiger partial charge in [0, 0.05) is 50.7 Å². The highest BCUT2D eigenvalue weighted by molar-refractivity contribution is 6.34. The van der Waals surface area contributed by atoms with Crippen LogP contribution in [0.15, 0.2) is 89.1 Å². The number of aromatic nitrogens is 7. The number of ether oxygens (including phenoxy) is 1. The highest BCUT2D eigenvalue weighted by atomic mass is 35.5. The zero-order valence-corrected chi connectivity index (χ0v) is 38.0. The van der Waals surface area contributed by atoms with Gasteiger partial charge in [0.25, 0.3) is 11.1 Å². The normalized spacial score (nSPS) is 11.8. The standard InChI is InChI=1S/C21H18ClFN4O.C14H14ClFN2O.C11H12ClN3O2/c1-11(2)19-18(26-20-13-4-3-5-17(13)24-10-25-20)9-15(21(28)27-19)14-8-12(22)6-7-16(14)23;1-7(2)13-12(17)6-10(14(19)18-13)9-5-8(15)3-4-11(9)16;1-11(2,3)17-10(16)15-5-4-7-8(12)13-6-14-9(7)15/h3-4,6-11H,5H2,1-2H3,(H,27,28)(H,24,25,26);3-7H,17H2,1-2H3,(H,18,19);4-6H,1-3H3. The quantitative estimate of drug-likeness (QED) is 0.117. The predicted molar refractivity (Wildman–Crippen MR) is 250 cm³/mol. The first-order chi connectivity index (χ1) is 30.2. The lowest BCUT2D eigenvalue weighted by Crippen LogP contribution is -2.26. The number of halogens is 5. The molecule has 18 heteroatoms. The molecule has 0 unspecified atom stereocenters. The van der Waals surface area contributed by atoms with Gasteiger partial charge in [-0.05, 0) is 87.2 Å². The summed E-state index contributed by atoms with van der Waals surface area (Å²) in [5.41, 5.74) is 10.0. The van der Waals surface area contributed by atoms with Gasteiger partial charge in [-0.15, -0.1) is 0 Å². The van der Waals surface area contributed by atoms with Crippen molar-refractivity contribution in [2.75, 3.05) is 11.1 Å². The Labute approximate surface area is 381 Å². The number of rotatable bonds is 6. The van der Waals surface area contributed by atoms with Crippen molar-refractivity contribution in [2.24, 2.45) is 0 Å². The van der Waals surface area contributed by atoms with Gasteiger partial charge >= 0.3 is 6.09 Å². The Morgan fingerprint density at radius 1 is 0.797 bits per heavy atom. The number of hydrogen-bond donors (Lipinski definition) is 4. The summed E-state index contributed by atoms with van der Waals surface area (Å²) in [6.45, 7) is 13.2. The Kier molecular flexibility index (Phi) is 14.4. The monoisotopic (exact) mass is 929 g/mol. The predicted octanol–water partition coefficient (Wildman–Crippen LogP) is 11.5. The molecule has 5 aromatic heterocycles. The van der Waals surface area contributed by atoms with Crippen molar-refractivity contribution in [3.8, 4) is 22.3 Å². The molecule has 1 aliphatic rings. The number of fused-ring (bicyclic) bond motifs is 2. The number of nitrogen functional groups attached to an aromatic ring is 1. The van der Waals surface area contributed by atoms with Crippen LogP contribution in [0.4, 0.5) is 30.8 Å². The van der Waals surface area contributed by atoms with Gasteiger partial charge in [-0.3, -0.25) is 9.59 Å². The maximum absolute atomic E-state index is 14.4. The van der Waals surface area contributed by atoms with E-state index in [0.29, 0.717) is 54.8 Å². The van der Waals surface area contributed by atoms with Crippen LogP contribution in [0.1, 0.15) is 82.9 Å². The molecule has 332 valence electrons. The Balaban J connectivity index is 0.000000166. The summed E-state index contributed by atoms with van der Waals surface area (Å²) >= 11 is 17.7. The zero-order chi connectivity index (χ0) is 46.6. The number of nitrogens with zero attached hydrogens (tertiary/aromatic N) is 5. The Bertz CT molecular complexity index is 3030. The maximum Gasteiger partial charge on any atom is 0.420 e. The second kappa shape index (κ2) is 19.5. The fraction of sp³-hybridized carbons (Fsp3) is 0.239. The minimum atomic E-state index is -0.551. The van der Waals surface area contributed by atoms with Crippen molar-refractivity contribution < 1.29 is 18.3 Å². The van der Waals surface area contributed by atoms with E-state index in [1.165, 1.54) is 59.7 Å². The largest absolute Gasteiger partial charge is 0.443 e. The molecule has 2 aromatic carbocycles. The lowest BCUT2D eigenvalue weighted by molar-refractivity contribution is 0.0543. The van der Waals surface area contributed by atoms with E-state index < -0.39 is 23.3 Å². The van der Waals surface area contributed by atoms with Crippen molar-refractivity contribution in [3.63, 3.8) is 0 Å². The zero-order valence-electron chi connectivity index (χ0n) is 35.8. The molecule has 0 fully saturated rings. The highest BCUT2D eigenvalue weighted by Gasteiger charge is 2.21. The fourth-order valence-electron chi connectivity index (χ4n) is 6.61. The van der Waals surface area contributed by atoms with Gasteiger partial charge in [0.05, 0.1) is 33.6 Å². The van der Waals surface area contributed by atoms with Gasteiger partial charge in [0.2, 0.25) is 0 Å². The molecule has 5 N–H and O–H groups in total. The molecule has 13 nitrogen and oxygen atoms in total. The number of allylic oxidation sites excluding steroid dienone is 1. The van der Waals surface area contributed by atoms with E-state index in [0.717, 1.165) is 17.7 Å². The SMILES string of the molecule is CC(C)(C)OC(=O)n1ccc2c(Cl)ncnc21.CC(C)c1[nH]c(=O)c(-c2cc(Cl)ccc2F)cc1N.CC(C)c1[nH]c(=O)c(-c2cc(Cl)ccc2F)cc1Nc1ncnc2c1C=CC2. The van der Waals surface area contributed by atoms with E-state index in [9.17, 15) is 23.2 Å². The van der Waals surface area contributed by atoms with Crippen molar-refractivity contribution >= 4 is 75.2 Å². The van der Waals surface area contributed by atoms with Crippen LogP contribution < -0.4 is 22.2 Å². The molecule has 64 heavy (non-hydrogen) atoms. The summed E-state index contributed by atoms with van der Waals surface area (Å²) in [7, 11) is 0. The number of pyridine rings is 2. The highest BCUT2D eigenvalue weighted by Crippen LogP contribution is 2.33. The first kappa shape index (κ1) is 47.1. The molecule has 1 aliphatic carbocycles. The van der Waals surface area contributed by atoms with Crippen LogP contribution in [-0.2, 0) is 11.2 Å². The number of carbonyl (C=O) groups excluding carboxylic acids is 1. The summed E-state index contributed by atoms with van der Waals surface area (Å²) in [5.74, 6) is -0.245. The Morgan fingerprint density at radius 3 is 1.97 bits per heavy atom. The number of benzene rings is 2. The van der Waals surface area contributed by atoms with Crippen molar-refractivity contribution in [1.82, 2.24) is 34.5 Å². The molecule has 0 aliphatic heterocycles. The van der Waals surface area contributed by atoms with Crippen molar-refractivity contribution in [3.05, 3.63) is 150 Å². The molecule has 8 rings (SSSR count). The topological polar surface area (TPSA) is 187 Å². The molecular weight excluding hydrogens is 887 g/mol. The minimum Gasteiger partial charge on any atom is -0.443 e. The van der Waals surface area contributed by atoms with E-state index >= 15 is 0 Å². The lowest BCUT2D eigenvalue weighted by atomic mass is 10.0. The van der Waals surface area contributed by atoms with Gasteiger partial charge in [0.15, 0.2) is 5.65 Å². The van der Waals surface area contributed by atoms with Gasteiger partial charge in [0.1, 0.15) is 40.9 Å². The number of hydrogen-bond acceptors (Lipinski definition) is 10. The average molecular weight is 931 g/mol. The molecule has 0 radical (unpaired) electrons. The number of nitrogens with one attached hydrogen (secondary N) is 3. The van der Waals surface area contributed by atoms with Crippen LogP contribution in [0, 0.1) is 11.6 Å². The molecule has 0 saturated heterocycles. The van der Waals surface area contributed by atoms with E-state index in [2.05, 4.69) is 35.2 Å². The summed E-state index contributed by atoms with van der Waals surface area (Å²) in [6.07, 6.45) is 8.65. The van der Waals surface area contributed by atoms with E-state index in [4.69, 9.17) is 45.3 Å². The molecule has 0 atom stereocenters. The van der Waals surface area contributed by atoms with Crippen LogP contribution >= 0.6 is 34.8 Å². The van der Waals surface area contributed by atoms with Crippen LogP contribution in [-0.4, -0.2) is 46.2 Å². The molecule has 5 heterocycles. The molecular formula is C46H44Cl3F2N9O4. The molecule has 0 bridgehead atoms. The molecule has 0 spiro atoms.